The van der Waals surface area contributed by atoms with Crippen molar-refractivity contribution in [3.05, 3.63) is 35.4 Å². The third kappa shape index (κ3) is 4.76. The number of nitrogens with one attached hydrogen (secondary N) is 1. The van der Waals surface area contributed by atoms with E-state index in [4.69, 9.17) is 5.73 Å². The Morgan fingerprint density at radius 3 is 2.32 bits per heavy atom. The summed E-state index contributed by atoms with van der Waals surface area (Å²) < 4.78 is 4.68. The Labute approximate surface area is 219 Å². The van der Waals surface area contributed by atoms with Gasteiger partial charge in [-0.3, -0.25) is 28.9 Å². The van der Waals surface area contributed by atoms with Crippen LogP contribution in [0.2, 0.25) is 0 Å². The second-order valence-corrected chi connectivity index (χ2v) is 10.3. The molecule has 3 unspecified atom stereocenters. The average molecular weight is 549 g/mol. The van der Waals surface area contributed by atoms with Gasteiger partial charge in [0.25, 0.3) is 11.8 Å². The lowest BCUT2D eigenvalue weighted by Crippen LogP contribution is -2.74. The molecule has 3 heterocycles. The number of carbonyl (C=O) groups is 7. The van der Waals surface area contributed by atoms with Crippen molar-refractivity contribution in [2.75, 3.05) is 18.9 Å². The molecule has 5 N–H and O–H groups in total. The van der Waals surface area contributed by atoms with Gasteiger partial charge in [-0.15, -0.1) is 11.8 Å². The summed E-state index contributed by atoms with van der Waals surface area (Å²) in [6, 6.07) is 3.65. The highest BCUT2D eigenvalue weighted by atomic mass is 32.2. The molecular formula is C23H24N4O10S. The summed E-state index contributed by atoms with van der Waals surface area (Å²) in [4.78, 5) is 86.9. The zero-order valence-corrected chi connectivity index (χ0v) is 20.6. The maximum Gasteiger partial charge on any atom is 0.404 e. The van der Waals surface area contributed by atoms with E-state index in [1.807, 2.05) is 0 Å². The average Bonchev–Trinajstić information content (AvgIpc) is 3.13. The number of amides is 5. The van der Waals surface area contributed by atoms with Gasteiger partial charge in [-0.2, -0.15) is 0 Å². The molecule has 2 saturated heterocycles. The molecule has 0 spiro atoms. The van der Waals surface area contributed by atoms with Gasteiger partial charge < -0.3 is 30.9 Å². The fourth-order valence-corrected chi connectivity index (χ4v) is 6.19. The van der Waals surface area contributed by atoms with E-state index in [9.17, 15) is 43.8 Å². The third-order valence-corrected chi connectivity index (χ3v) is 8.30. The molecule has 0 aromatic heterocycles. The molecule has 1 aromatic carbocycles. The van der Waals surface area contributed by atoms with Crippen LogP contribution in [0.4, 0.5) is 4.79 Å². The number of rotatable bonds is 10. The van der Waals surface area contributed by atoms with Crippen molar-refractivity contribution >= 4 is 53.4 Å². The maximum absolute atomic E-state index is 12.6. The van der Waals surface area contributed by atoms with Crippen LogP contribution in [0.15, 0.2) is 24.3 Å². The smallest absolute Gasteiger partial charge is 0.404 e. The minimum Gasteiger partial charge on any atom is -0.481 e. The third-order valence-electron chi connectivity index (χ3n) is 6.71. The normalized spacial score (nSPS) is 24.7. The van der Waals surface area contributed by atoms with Crippen molar-refractivity contribution in [3.8, 4) is 0 Å². The van der Waals surface area contributed by atoms with E-state index in [0.29, 0.717) is 4.90 Å². The summed E-state index contributed by atoms with van der Waals surface area (Å²) >= 11 is 1.12. The molecule has 0 radical (unpaired) electrons. The summed E-state index contributed by atoms with van der Waals surface area (Å²) in [7, 11) is 0. The summed E-state index contributed by atoms with van der Waals surface area (Å²) in [6.45, 7) is -0.727. The van der Waals surface area contributed by atoms with Gasteiger partial charge >= 0.3 is 18.0 Å². The number of hydrogen-bond acceptors (Lipinski definition) is 9. The van der Waals surface area contributed by atoms with Gasteiger partial charge in [-0.1, -0.05) is 12.1 Å². The van der Waals surface area contributed by atoms with Crippen molar-refractivity contribution in [2.24, 2.45) is 11.1 Å². The SMILES string of the molecule is NC(=O)OCC1(C(=O)O)CS[C@@H]2C(NC(=O)CCCC(C(=O)O)N3C(=O)c4ccccc4C3=O)C(=O)N2C1. The van der Waals surface area contributed by atoms with Crippen LogP contribution in [-0.4, -0.2) is 98.0 Å². The molecule has 38 heavy (non-hydrogen) atoms. The number of carboxylic acid groups (broad SMARTS) is 2. The van der Waals surface area contributed by atoms with Gasteiger partial charge in [-0.25, -0.2) is 9.59 Å². The molecule has 3 aliphatic heterocycles. The molecule has 1 aromatic rings. The number of carboxylic acids is 2. The molecule has 5 amide bonds. The summed E-state index contributed by atoms with van der Waals surface area (Å²) in [5.74, 6) is -5.10. The Kier molecular flexibility index (Phi) is 7.31. The molecule has 0 saturated carbocycles. The predicted molar refractivity (Wildman–Crippen MR) is 128 cm³/mol. The summed E-state index contributed by atoms with van der Waals surface area (Å²) in [6.07, 6.45) is -1.45. The number of fused-ring (bicyclic) bond motifs is 2. The molecule has 14 nitrogen and oxygen atoms in total. The van der Waals surface area contributed by atoms with Crippen molar-refractivity contribution in [1.82, 2.24) is 15.1 Å². The van der Waals surface area contributed by atoms with Crippen LogP contribution in [-0.2, 0) is 23.9 Å². The van der Waals surface area contributed by atoms with Gasteiger partial charge in [0.1, 0.15) is 29.5 Å². The van der Waals surface area contributed by atoms with Crippen LogP contribution in [0.1, 0.15) is 40.0 Å². The van der Waals surface area contributed by atoms with E-state index in [0.717, 1.165) is 11.8 Å². The van der Waals surface area contributed by atoms with Gasteiger partial charge in [-0.05, 0) is 25.0 Å². The van der Waals surface area contributed by atoms with Gasteiger partial charge in [0.2, 0.25) is 11.8 Å². The first kappa shape index (κ1) is 26.9. The number of thioether (sulfide) groups is 1. The molecular weight excluding hydrogens is 524 g/mol. The number of hydrogen-bond donors (Lipinski definition) is 4. The Balaban J connectivity index is 1.30. The fraction of sp³-hybridized carbons (Fsp3) is 0.435. The lowest BCUT2D eigenvalue weighted by Gasteiger charge is -2.53. The minimum atomic E-state index is -1.53. The molecule has 3 aliphatic rings. The number of aliphatic carboxylic acids is 2. The number of nitrogens with zero attached hydrogens (tertiary/aromatic N) is 2. The largest absolute Gasteiger partial charge is 0.481 e. The molecule has 15 heteroatoms. The van der Waals surface area contributed by atoms with Crippen molar-refractivity contribution in [1.29, 1.82) is 0 Å². The minimum absolute atomic E-state index is 0.0109. The van der Waals surface area contributed by atoms with Crippen LogP contribution < -0.4 is 11.1 Å². The molecule has 0 aliphatic carbocycles. The lowest BCUT2D eigenvalue weighted by molar-refractivity contribution is -0.161. The first-order valence-corrected chi connectivity index (χ1v) is 12.6. The number of ether oxygens (including phenoxy) is 1. The van der Waals surface area contributed by atoms with Crippen LogP contribution in [0.25, 0.3) is 0 Å². The molecule has 4 rings (SSSR count). The second kappa shape index (κ2) is 10.3. The quantitative estimate of drug-likeness (QED) is 0.215. The highest BCUT2D eigenvalue weighted by Crippen LogP contribution is 2.42. The van der Waals surface area contributed by atoms with Crippen LogP contribution >= 0.6 is 11.8 Å². The highest BCUT2D eigenvalue weighted by Gasteiger charge is 2.58. The van der Waals surface area contributed by atoms with E-state index in [-0.39, 0.29) is 42.7 Å². The number of primary amides is 1. The van der Waals surface area contributed by atoms with E-state index < -0.39 is 71.1 Å². The molecule has 0 bridgehead atoms. The van der Waals surface area contributed by atoms with Crippen LogP contribution in [0.5, 0.6) is 0 Å². The number of imide groups is 1. The highest BCUT2D eigenvalue weighted by molar-refractivity contribution is 8.00. The standard InChI is InChI=1S/C23H24N4O10S/c24-22(36)37-9-23(21(34)35)8-26-18(31)15(19(26)38-10-23)25-14(28)7-3-6-13(20(32)33)27-16(29)11-4-1-2-5-12(11)17(27)30/h1-2,4-5,13,15,19H,3,6-10H2,(H2,24,36)(H,25,28)(H,32,33)(H,34,35)/t13?,15?,19-,23?/m1/s1. The maximum atomic E-state index is 12.6. The van der Waals surface area contributed by atoms with Gasteiger partial charge in [0, 0.05) is 18.7 Å². The van der Waals surface area contributed by atoms with E-state index >= 15 is 0 Å². The van der Waals surface area contributed by atoms with Crippen molar-refractivity contribution in [3.63, 3.8) is 0 Å². The van der Waals surface area contributed by atoms with E-state index in [1.165, 1.54) is 17.0 Å². The summed E-state index contributed by atoms with van der Waals surface area (Å²) in [5.41, 5.74) is 3.64. The molecule has 4 atom stereocenters. The second-order valence-electron chi connectivity index (χ2n) is 9.18. The topological polar surface area (TPSA) is 214 Å². The number of carbonyl (C=O) groups excluding carboxylic acids is 5. The Morgan fingerprint density at radius 2 is 1.76 bits per heavy atom. The van der Waals surface area contributed by atoms with Crippen molar-refractivity contribution in [2.45, 2.75) is 36.7 Å². The zero-order chi connectivity index (χ0) is 27.8. The number of nitrogens with two attached hydrogens (primary N) is 1. The van der Waals surface area contributed by atoms with Gasteiger partial charge in [0.05, 0.1) is 11.1 Å². The Hall–Kier alpha value is -4.14. The van der Waals surface area contributed by atoms with E-state index in [1.54, 1.807) is 12.1 Å². The van der Waals surface area contributed by atoms with Crippen molar-refractivity contribution < 1.29 is 48.5 Å². The monoisotopic (exact) mass is 548 g/mol. The van der Waals surface area contributed by atoms with Crippen LogP contribution in [0.3, 0.4) is 0 Å². The predicted octanol–water partition coefficient (Wildman–Crippen LogP) is -0.528. The fourth-order valence-electron chi connectivity index (χ4n) is 4.67. The molecule has 2 fully saturated rings. The summed E-state index contributed by atoms with van der Waals surface area (Å²) in [5, 5.41) is 21.3. The van der Waals surface area contributed by atoms with Gasteiger partial charge in [0.15, 0.2) is 0 Å². The lowest BCUT2D eigenvalue weighted by atomic mass is 9.88. The first-order chi connectivity index (χ1) is 18.0. The first-order valence-electron chi connectivity index (χ1n) is 11.5. The van der Waals surface area contributed by atoms with E-state index in [2.05, 4.69) is 10.1 Å². The number of β-lactam (4-membered cyclic amide) rings is 1. The Morgan fingerprint density at radius 1 is 1.13 bits per heavy atom. The number of benzene rings is 1. The zero-order valence-electron chi connectivity index (χ0n) is 19.8. The van der Waals surface area contributed by atoms with Crippen LogP contribution in [0, 0.1) is 5.41 Å². The Bertz CT molecular complexity index is 1200. The molecule has 202 valence electrons.